The van der Waals surface area contributed by atoms with Crippen LogP contribution in [0.3, 0.4) is 0 Å². The normalized spacial score (nSPS) is 10.2. The van der Waals surface area contributed by atoms with Gasteiger partial charge in [0.05, 0.1) is 19.3 Å². The minimum Gasteiger partial charge on any atom is -0.494 e. The maximum absolute atomic E-state index is 12.4. The standard InChI is InChI=1S/C24H23NO4/c1-28-24(27)20-14-12-19(13-15-20)23(26)25-21-10-5-11-22(17-21)29-16-6-9-18-7-3-2-4-8-18/h2-5,7-8,10-15,17H,6,9,16H2,1H3,(H,25,26). The lowest BCUT2D eigenvalue weighted by Crippen LogP contribution is -2.12. The number of anilines is 1. The molecule has 0 unspecified atom stereocenters. The van der Waals surface area contributed by atoms with E-state index in [2.05, 4.69) is 22.2 Å². The van der Waals surface area contributed by atoms with Crippen molar-refractivity contribution in [2.24, 2.45) is 0 Å². The minimum atomic E-state index is -0.436. The van der Waals surface area contributed by atoms with Crippen LogP contribution in [0.5, 0.6) is 5.75 Å². The molecule has 1 amide bonds. The summed E-state index contributed by atoms with van der Waals surface area (Å²) in [5.74, 6) is 0.00798. The third kappa shape index (κ3) is 5.94. The highest BCUT2D eigenvalue weighted by Gasteiger charge is 2.09. The molecule has 1 N–H and O–H groups in total. The highest BCUT2D eigenvalue weighted by Crippen LogP contribution is 2.19. The topological polar surface area (TPSA) is 64.6 Å². The van der Waals surface area contributed by atoms with Crippen molar-refractivity contribution in [2.75, 3.05) is 19.0 Å². The van der Waals surface area contributed by atoms with Gasteiger partial charge in [0.1, 0.15) is 5.75 Å². The second kappa shape index (κ2) is 10.1. The Morgan fingerprint density at radius 3 is 2.31 bits per heavy atom. The molecule has 0 fully saturated rings. The molecule has 3 aromatic rings. The first-order valence-electron chi connectivity index (χ1n) is 9.42. The van der Waals surface area contributed by atoms with Crippen molar-refractivity contribution in [3.05, 3.63) is 95.6 Å². The van der Waals surface area contributed by atoms with Gasteiger partial charge in [0.25, 0.3) is 5.91 Å². The molecule has 3 aromatic carbocycles. The molecule has 0 spiro atoms. The summed E-state index contributed by atoms with van der Waals surface area (Å²) in [4.78, 5) is 23.9. The average Bonchev–Trinajstić information content (AvgIpc) is 2.77. The number of esters is 1. The first-order chi connectivity index (χ1) is 14.2. The predicted molar refractivity (Wildman–Crippen MR) is 112 cm³/mol. The highest BCUT2D eigenvalue weighted by molar-refractivity contribution is 6.04. The molecule has 5 nitrogen and oxygen atoms in total. The second-order valence-corrected chi connectivity index (χ2v) is 6.49. The summed E-state index contributed by atoms with van der Waals surface area (Å²) in [6.45, 7) is 0.598. The van der Waals surface area contributed by atoms with Gasteiger partial charge in [-0.1, -0.05) is 36.4 Å². The van der Waals surface area contributed by atoms with Crippen LogP contribution in [0, 0.1) is 0 Å². The van der Waals surface area contributed by atoms with Crippen molar-refractivity contribution < 1.29 is 19.1 Å². The van der Waals surface area contributed by atoms with Crippen molar-refractivity contribution in [3.63, 3.8) is 0 Å². The van der Waals surface area contributed by atoms with Crippen LogP contribution in [0.25, 0.3) is 0 Å². The Hall–Kier alpha value is -3.60. The number of methoxy groups -OCH3 is 1. The first-order valence-corrected chi connectivity index (χ1v) is 9.42. The van der Waals surface area contributed by atoms with Gasteiger partial charge in [-0.15, -0.1) is 0 Å². The van der Waals surface area contributed by atoms with Crippen molar-refractivity contribution in [1.82, 2.24) is 0 Å². The van der Waals surface area contributed by atoms with Gasteiger partial charge in [0.15, 0.2) is 0 Å². The zero-order valence-electron chi connectivity index (χ0n) is 16.3. The summed E-state index contributed by atoms with van der Waals surface area (Å²) >= 11 is 0. The number of hydrogen-bond acceptors (Lipinski definition) is 4. The number of amides is 1. The van der Waals surface area contributed by atoms with Crippen LogP contribution in [0.2, 0.25) is 0 Å². The average molecular weight is 389 g/mol. The fraction of sp³-hybridized carbons (Fsp3) is 0.167. The van der Waals surface area contributed by atoms with Crippen molar-refractivity contribution in [1.29, 1.82) is 0 Å². The molecule has 0 heterocycles. The Morgan fingerprint density at radius 1 is 0.862 bits per heavy atom. The number of benzene rings is 3. The van der Waals surface area contributed by atoms with Gasteiger partial charge in [0.2, 0.25) is 0 Å². The second-order valence-electron chi connectivity index (χ2n) is 6.49. The van der Waals surface area contributed by atoms with Crippen LogP contribution in [0.4, 0.5) is 5.69 Å². The van der Waals surface area contributed by atoms with Crippen LogP contribution >= 0.6 is 0 Å². The quantitative estimate of drug-likeness (QED) is 0.447. The molecule has 0 aliphatic carbocycles. The summed E-state index contributed by atoms with van der Waals surface area (Å²) in [6.07, 6.45) is 1.87. The monoisotopic (exact) mass is 389 g/mol. The maximum Gasteiger partial charge on any atom is 0.337 e. The van der Waals surface area contributed by atoms with E-state index in [-0.39, 0.29) is 5.91 Å². The lowest BCUT2D eigenvalue weighted by Gasteiger charge is -2.10. The van der Waals surface area contributed by atoms with E-state index in [1.165, 1.54) is 12.7 Å². The summed E-state index contributed by atoms with van der Waals surface area (Å²) in [5, 5.41) is 2.84. The molecular formula is C24H23NO4. The van der Waals surface area contributed by atoms with Crippen LogP contribution in [0.1, 0.15) is 32.7 Å². The molecule has 29 heavy (non-hydrogen) atoms. The highest BCUT2D eigenvalue weighted by atomic mass is 16.5. The molecular weight excluding hydrogens is 366 g/mol. The van der Waals surface area contributed by atoms with Gasteiger partial charge >= 0.3 is 5.97 Å². The van der Waals surface area contributed by atoms with Gasteiger partial charge in [0, 0.05) is 17.3 Å². The van der Waals surface area contributed by atoms with E-state index in [1.807, 2.05) is 30.3 Å². The zero-order valence-corrected chi connectivity index (χ0v) is 16.3. The Balaban J connectivity index is 1.52. The summed E-state index contributed by atoms with van der Waals surface area (Å²) in [5.41, 5.74) is 2.78. The fourth-order valence-electron chi connectivity index (χ4n) is 2.85. The van der Waals surface area contributed by atoms with Crippen LogP contribution < -0.4 is 10.1 Å². The third-order valence-electron chi connectivity index (χ3n) is 4.38. The lowest BCUT2D eigenvalue weighted by molar-refractivity contribution is 0.0600. The molecule has 0 radical (unpaired) electrons. The Bertz CT molecular complexity index is 952. The van der Waals surface area contributed by atoms with E-state index >= 15 is 0 Å². The number of rotatable bonds is 8. The van der Waals surface area contributed by atoms with Gasteiger partial charge in [-0.2, -0.15) is 0 Å². The van der Waals surface area contributed by atoms with Crippen LogP contribution in [0.15, 0.2) is 78.9 Å². The van der Waals surface area contributed by atoms with Crippen LogP contribution in [-0.4, -0.2) is 25.6 Å². The van der Waals surface area contributed by atoms with Crippen LogP contribution in [-0.2, 0) is 11.2 Å². The van der Waals surface area contributed by atoms with E-state index in [1.54, 1.807) is 36.4 Å². The van der Waals surface area contributed by atoms with E-state index in [4.69, 9.17) is 4.74 Å². The number of carbonyl (C=O) groups is 2. The van der Waals surface area contributed by atoms with Gasteiger partial charge in [-0.3, -0.25) is 4.79 Å². The summed E-state index contributed by atoms with van der Waals surface area (Å²) in [7, 11) is 1.32. The number of carbonyl (C=O) groups excluding carboxylic acids is 2. The first kappa shape index (κ1) is 20.1. The molecule has 0 saturated heterocycles. The van der Waals surface area contributed by atoms with E-state index in [0.717, 1.165) is 12.8 Å². The summed E-state index contributed by atoms with van der Waals surface area (Å²) < 4.78 is 10.5. The number of nitrogens with one attached hydrogen (secondary N) is 1. The Labute approximate surface area is 170 Å². The largest absolute Gasteiger partial charge is 0.494 e. The van der Waals surface area contributed by atoms with Gasteiger partial charge < -0.3 is 14.8 Å². The molecule has 0 atom stereocenters. The Kier molecular flexibility index (Phi) is 7.00. The van der Waals surface area contributed by atoms with Crippen molar-refractivity contribution in [2.45, 2.75) is 12.8 Å². The molecule has 5 heteroatoms. The fourth-order valence-corrected chi connectivity index (χ4v) is 2.85. The van der Waals surface area contributed by atoms with E-state index < -0.39 is 5.97 Å². The Morgan fingerprint density at radius 2 is 1.59 bits per heavy atom. The van der Waals surface area contributed by atoms with E-state index in [0.29, 0.717) is 29.2 Å². The lowest BCUT2D eigenvalue weighted by atomic mass is 10.1. The summed E-state index contributed by atoms with van der Waals surface area (Å²) in [6, 6.07) is 23.9. The number of hydrogen-bond donors (Lipinski definition) is 1. The van der Waals surface area contributed by atoms with Gasteiger partial charge in [-0.25, -0.2) is 4.79 Å². The zero-order chi connectivity index (χ0) is 20.5. The van der Waals surface area contributed by atoms with E-state index in [9.17, 15) is 9.59 Å². The molecule has 0 bridgehead atoms. The maximum atomic E-state index is 12.4. The number of ether oxygens (including phenoxy) is 2. The minimum absolute atomic E-state index is 0.261. The molecule has 3 rings (SSSR count). The van der Waals surface area contributed by atoms with Crippen molar-refractivity contribution >= 4 is 17.6 Å². The van der Waals surface area contributed by atoms with Gasteiger partial charge in [-0.05, 0) is 54.8 Å². The predicted octanol–water partition coefficient (Wildman–Crippen LogP) is 4.74. The number of aryl methyl sites for hydroxylation is 1. The SMILES string of the molecule is COC(=O)c1ccc(C(=O)Nc2cccc(OCCCc3ccccc3)c2)cc1. The smallest absolute Gasteiger partial charge is 0.337 e. The molecule has 0 aliphatic heterocycles. The molecule has 0 saturated carbocycles. The third-order valence-corrected chi connectivity index (χ3v) is 4.38. The van der Waals surface area contributed by atoms with Crippen molar-refractivity contribution in [3.8, 4) is 5.75 Å². The molecule has 0 aliphatic rings. The molecule has 0 aromatic heterocycles. The molecule has 148 valence electrons.